The molecule has 2 heterocycles. The number of nitrogens with two attached hydrogens (primary N) is 1. The summed E-state index contributed by atoms with van der Waals surface area (Å²) in [7, 11) is 1.40. The van der Waals surface area contributed by atoms with Gasteiger partial charge in [-0.3, -0.25) is 14.4 Å². The quantitative estimate of drug-likeness (QED) is 0.287. The number of carbonyl (C=O) groups excluding carboxylic acids is 3. The van der Waals surface area contributed by atoms with E-state index < -0.39 is 41.0 Å². The standard InChI is InChI=1S/C31H31Cl2FN4O4/c1-30(2,3)14-23-31(18-10-9-16(32)13-21(18)37-29(31)41)24(17-6-5-7-19(33)25(17)34)26(38-23)28(40)36-20-11-8-15(27(35)39)12-22(20)42-4/h5-13,23-24,26,38H,14H2,1-4H3,(H2,35,39)(H,36,40)(H,37,41)/t23?,24-,26+,31+/m0/s1. The van der Waals surface area contributed by atoms with Gasteiger partial charge in [0.15, 0.2) is 0 Å². The molecule has 8 nitrogen and oxygen atoms in total. The van der Waals surface area contributed by atoms with Gasteiger partial charge in [-0.25, -0.2) is 4.39 Å². The zero-order valence-corrected chi connectivity index (χ0v) is 25.0. The van der Waals surface area contributed by atoms with Crippen LogP contribution in [0.5, 0.6) is 5.75 Å². The van der Waals surface area contributed by atoms with Crippen molar-refractivity contribution in [3.8, 4) is 5.75 Å². The van der Waals surface area contributed by atoms with Gasteiger partial charge < -0.3 is 26.4 Å². The summed E-state index contributed by atoms with van der Waals surface area (Å²) in [6.07, 6.45) is 0.474. The molecule has 2 aliphatic heterocycles. The lowest BCUT2D eigenvalue weighted by atomic mass is 9.62. The molecule has 3 amide bonds. The van der Waals surface area contributed by atoms with Gasteiger partial charge in [-0.15, -0.1) is 0 Å². The van der Waals surface area contributed by atoms with Crippen molar-refractivity contribution in [3.63, 3.8) is 0 Å². The third-order valence-electron chi connectivity index (χ3n) is 7.96. The lowest BCUT2D eigenvalue weighted by molar-refractivity contribution is -0.122. The van der Waals surface area contributed by atoms with E-state index in [9.17, 15) is 14.4 Å². The molecule has 0 saturated carbocycles. The minimum Gasteiger partial charge on any atom is -0.495 e. The second-order valence-electron chi connectivity index (χ2n) is 11.9. The first-order valence-electron chi connectivity index (χ1n) is 13.4. The number of amides is 3. The molecule has 11 heteroatoms. The van der Waals surface area contributed by atoms with E-state index in [0.29, 0.717) is 22.7 Å². The fourth-order valence-corrected chi connectivity index (χ4v) is 6.66. The van der Waals surface area contributed by atoms with Crippen molar-refractivity contribution in [1.82, 2.24) is 5.32 Å². The molecule has 2 aliphatic rings. The number of nitrogens with one attached hydrogen (secondary N) is 3. The third-order valence-corrected chi connectivity index (χ3v) is 8.49. The summed E-state index contributed by atoms with van der Waals surface area (Å²) in [5.74, 6) is -3.07. The van der Waals surface area contributed by atoms with Crippen LogP contribution in [-0.4, -0.2) is 36.9 Å². The molecular formula is C31H31Cl2FN4O4. The SMILES string of the molecule is COc1cc(C(N)=O)ccc1NC(=O)[C@@H]1NC(CC(C)(C)C)[C@@]2(C(=O)Nc3cc(Cl)ccc32)[C@H]1c1cccc(Cl)c1F. The number of methoxy groups -OCH3 is 1. The Morgan fingerprint density at radius 2 is 1.86 bits per heavy atom. The van der Waals surface area contributed by atoms with Gasteiger partial charge in [-0.1, -0.05) is 62.2 Å². The van der Waals surface area contributed by atoms with Crippen LogP contribution in [0.15, 0.2) is 54.6 Å². The number of hydrogen-bond donors (Lipinski definition) is 4. The molecule has 0 radical (unpaired) electrons. The maximum atomic E-state index is 15.9. The molecule has 1 spiro atoms. The first kappa shape index (κ1) is 29.8. The van der Waals surface area contributed by atoms with Crippen LogP contribution in [0.3, 0.4) is 0 Å². The van der Waals surface area contributed by atoms with Crippen LogP contribution in [0.25, 0.3) is 0 Å². The van der Waals surface area contributed by atoms with E-state index in [0.717, 1.165) is 0 Å². The minimum absolute atomic E-state index is 0.125. The Labute approximate surface area is 253 Å². The van der Waals surface area contributed by atoms with Gasteiger partial charge in [0.05, 0.1) is 23.9 Å². The predicted octanol–water partition coefficient (Wildman–Crippen LogP) is 5.63. The van der Waals surface area contributed by atoms with Gasteiger partial charge >= 0.3 is 0 Å². The van der Waals surface area contributed by atoms with Crippen molar-refractivity contribution >= 4 is 52.3 Å². The van der Waals surface area contributed by atoms with Gasteiger partial charge in [0.2, 0.25) is 17.7 Å². The lowest BCUT2D eigenvalue weighted by Crippen LogP contribution is -2.49. The number of benzene rings is 3. The monoisotopic (exact) mass is 612 g/mol. The van der Waals surface area contributed by atoms with Crippen molar-refractivity contribution in [3.05, 3.63) is 87.2 Å². The van der Waals surface area contributed by atoms with Crippen LogP contribution in [-0.2, 0) is 15.0 Å². The van der Waals surface area contributed by atoms with Gasteiger partial charge in [-0.05, 0) is 59.4 Å². The van der Waals surface area contributed by atoms with E-state index in [4.69, 9.17) is 33.7 Å². The Morgan fingerprint density at radius 1 is 1.12 bits per heavy atom. The van der Waals surface area contributed by atoms with Crippen molar-refractivity contribution in [2.24, 2.45) is 11.1 Å². The van der Waals surface area contributed by atoms with Crippen molar-refractivity contribution < 1.29 is 23.5 Å². The van der Waals surface area contributed by atoms with Crippen LogP contribution in [0, 0.1) is 11.2 Å². The largest absolute Gasteiger partial charge is 0.495 e. The average Bonchev–Trinajstić information content (AvgIpc) is 3.39. The summed E-state index contributed by atoms with van der Waals surface area (Å²) in [4.78, 5) is 40.1. The zero-order valence-electron chi connectivity index (χ0n) is 23.5. The molecule has 5 rings (SSSR count). The number of ether oxygens (including phenoxy) is 1. The average molecular weight is 614 g/mol. The highest BCUT2D eigenvalue weighted by Gasteiger charge is 2.66. The maximum Gasteiger partial charge on any atom is 0.248 e. The van der Waals surface area contributed by atoms with Crippen LogP contribution in [0.2, 0.25) is 10.0 Å². The van der Waals surface area contributed by atoms with Crippen LogP contribution in [0.1, 0.15) is 54.6 Å². The van der Waals surface area contributed by atoms with Crippen molar-refractivity contribution in [2.75, 3.05) is 17.7 Å². The number of primary amides is 1. The van der Waals surface area contributed by atoms with Gasteiger partial charge in [0, 0.05) is 28.2 Å². The normalized spacial score (nSPS) is 23.0. The topological polar surface area (TPSA) is 123 Å². The Morgan fingerprint density at radius 3 is 2.52 bits per heavy atom. The minimum atomic E-state index is -1.39. The maximum absolute atomic E-state index is 15.9. The van der Waals surface area contributed by atoms with E-state index in [-0.39, 0.29) is 38.9 Å². The molecule has 0 aromatic heterocycles. The molecule has 3 aromatic rings. The van der Waals surface area contributed by atoms with Crippen LogP contribution in [0.4, 0.5) is 15.8 Å². The number of carbonyl (C=O) groups is 3. The molecular weight excluding hydrogens is 582 g/mol. The molecule has 1 saturated heterocycles. The summed E-state index contributed by atoms with van der Waals surface area (Å²) >= 11 is 12.5. The number of anilines is 2. The fraction of sp³-hybridized carbons (Fsp3) is 0.323. The van der Waals surface area contributed by atoms with E-state index >= 15 is 4.39 Å². The Kier molecular flexibility index (Phi) is 7.72. The first-order chi connectivity index (χ1) is 19.8. The van der Waals surface area contributed by atoms with E-state index in [1.165, 1.54) is 31.4 Å². The summed E-state index contributed by atoms with van der Waals surface area (Å²) in [6, 6.07) is 12.4. The highest BCUT2D eigenvalue weighted by molar-refractivity contribution is 6.31. The smallest absolute Gasteiger partial charge is 0.248 e. The van der Waals surface area contributed by atoms with Crippen molar-refractivity contribution in [1.29, 1.82) is 0 Å². The molecule has 3 aromatic carbocycles. The molecule has 42 heavy (non-hydrogen) atoms. The van der Waals surface area contributed by atoms with E-state index in [1.807, 2.05) is 20.8 Å². The molecule has 0 aliphatic carbocycles. The Bertz CT molecular complexity index is 1610. The van der Waals surface area contributed by atoms with Crippen molar-refractivity contribution in [2.45, 2.75) is 50.6 Å². The number of hydrogen-bond acceptors (Lipinski definition) is 5. The number of halogens is 3. The zero-order chi connectivity index (χ0) is 30.6. The summed E-state index contributed by atoms with van der Waals surface area (Å²) in [5.41, 5.74) is 5.45. The van der Waals surface area contributed by atoms with Crippen LogP contribution < -0.4 is 26.4 Å². The number of fused-ring (bicyclic) bond motifs is 2. The van der Waals surface area contributed by atoms with Crippen LogP contribution >= 0.6 is 23.2 Å². The Balaban J connectivity index is 1.70. The van der Waals surface area contributed by atoms with Gasteiger partial charge in [-0.2, -0.15) is 0 Å². The molecule has 220 valence electrons. The molecule has 1 unspecified atom stereocenters. The molecule has 5 N–H and O–H groups in total. The first-order valence-corrected chi connectivity index (χ1v) is 14.1. The molecule has 0 bridgehead atoms. The fourth-order valence-electron chi connectivity index (χ4n) is 6.31. The predicted molar refractivity (Wildman–Crippen MR) is 161 cm³/mol. The summed E-state index contributed by atoms with van der Waals surface area (Å²) in [6.45, 7) is 6.10. The van der Waals surface area contributed by atoms with Gasteiger partial charge in [0.1, 0.15) is 17.0 Å². The van der Waals surface area contributed by atoms with E-state index in [1.54, 1.807) is 30.3 Å². The third kappa shape index (κ3) is 4.99. The summed E-state index contributed by atoms with van der Waals surface area (Å²) in [5, 5.41) is 9.52. The Hall–Kier alpha value is -3.66. The highest BCUT2D eigenvalue weighted by Crippen LogP contribution is 2.57. The molecule has 1 fully saturated rings. The highest BCUT2D eigenvalue weighted by atomic mass is 35.5. The van der Waals surface area contributed by atoms with E-state index in [2.05, 4.69) is 16.0 Å². The summed E-state index contributed by atoms with van der Waals surface area (Å²) < 4.78 is 21.3. The second kappa shape index (κ2) is 10.9. The lowest BCUT2D eigenvalue weighted by Gasteiger charge is -2.37. The second-order valence-corrected chi connectivity index (χ2v) is 12.7. The molecule has 4 atom stereocenters. The number of rotatable bonds is 6. The van der Waals surface area contributed by atoms with Gasteiger partial charge in [0.25, 0.3) is 0 Å².